The van der Waals surface area contributed by atoms with E-state index >= 15 is 0 Å². The Morgan fingerprint density at radius 1 is 1.08 bits per heavy atom. The van der Waals surface area contributed by atoms with E-state index in [2.05, 4.69) is 0 Å². The molecular formula is C7H12N2O3S. The average Bonchev–Trinajstić information content (AvgIpc) is 1.92. The summed E-state index contributed by atoms with van der Waals surface area (Å²) < 4.78 is 25.9. The molecule has 0 saturated carbocycles. The Bertz CT molecular complexity index is 316. The van der Waals surface area contributed by atoms with Crippen molar-refractivity contribution in [1.29, 1.82) is 0 Å². The van der Waals surface area contributed by atoms with Crippen LogP contribution in [-0.4, -0.2) is 19.2 Å². The minimum Gasteiger partial charge on any atom is -0.399 e. The van der Waals surface area contributed by atoms with Gasteiger partial charge in [0.1, 0.15) is 0 Å². The van der Waals surface area contributed by atoms with Gasteiger partial charge in [-0.25, -0.2) is 0 Å². The Hall–Kier alpha value is -1.27. The number of benzene rings is 1. The van der Waals surface area contributed by atoms with Gasteiger partial charge < -0.3 is 11.5 Å². The predicted octanol–water partition coefficient (Wildman–Crippen LogP) is 0.355. The topological polar surface area (TPSA) is 106 Å². The average molecular weight is 204 g/mol. The zero-order valence-electron chi connectivity index (χ0n) is 7.14. The van der Waals surface area contributed by atoms with Crippen molar-refractivity contribution < 1.29 is 13.0 Å². The molecule has 5 N–H and O–H groups in total. The third kappa shape index (κ3) is 10.7. The third-order valence-corrected chi connectivity index (χ3v) is 0.936. The van der Waals surface area contributed by atoms with Crippen molar-refractivity contribution in [2.45, 2.75) is 0 Å². The fourth-order valence-corrected chi connectivity index (χ4v) is 0.496. The molecule has 1 rings (SSSR count). The molecule has 0 fully saturated rings. The lowest BCUT2D eigenvalue weighted by atomic mass is 10.3. The maximum absolute atomic E-state index is 9.19. The van der Waals surface area contributed by atoms with Crippen molar-refractivity contribution in [2.24, 2.45) is 0 Å². The largest absolute Gasteiger partial charge is 0.399 e. The molecule has 0 aromatic heterocycles. The minimum atomic E-state index is -3.67. The van der Waals surface area contributed by atoms with E-state index in [9.17, 15) is 8.42 Å². The summed E-state index contributed by atoms with van der Waals surface area (Å²) in [6.45, 7) is 0. The summed E-state index contributed by atoms with van der Waals surface area (Å²) in [5, 5.41) is 0. The van der Waals surface area contributed by atoms with Gasteiger partial charge >= 0.3 is 0 Å². The van der Waals surface area contributed by atoms with E-state index < -0.39 is 10.1 Å². The van der Waals surface area contributed by atoms with Crippen molar-refractivity contribution >= 4 is 21.5 Å². The second-order valence-electron chi connectivity index (χ2n) is 2.40. The second-order valence-corrected chi connectivity index (χ2v) is 3.87. The van der Waals surface area contributed by atoms with E-state index in [4.69, 9.17) is 16.0 Å². The summed E-state index contributed by atoms with van der Waals surface area (Å²) in [6.07, 6.45) is 0.715. The monoisotopic (exact) mass is 204 g/mol. The normalized spacial score (nSPS) is 10.0. The van der Waals surface area contributed by atoms with Crippen molar-refractivity contribution in [3.63, 3.8) is 0 Å². The van der Waals surface area contributed by atoms with Crippen LogP contribution in [0.25, 0.3) is 0 Å². The smallest absolute Gasteiger partial charge is 0.261 e. The maximum atomic E-state index is 9.19. The highest BCUT2D eigenvalue weighted by atomic mass is 32.2. The first-order chi connectivity index (χ1) is 5.79. The third-order valence-electron chi connectivity index (χ3n) is 0.936. The van der Waals surface area contributed by atoms with E-state index in [1.807, 2.05) is 0 Å². The zero-order chi connectivity index (χ0) is 10.5. The van der Waals surface area contributed by atoms with Crippen molar-refractivity contribution in [1.82, 2.24) is 0 Å². The summed E-state index contributed by atoms with van der Waals surface area (Å²) in [7, 11) is -3.67. The second kappa shape index (κ2) is 4.68. The molecule has 0 radical (unpaired) electrons. The highest BCUT2D eigenvalue weighted by Gasteiger charge is 1.81. The number of hydrogen-bond donors (Lipinski definition) is 3. The number of nitrogen functional groups attached to an aromatic ring is 2. The molecule has 0 spiro atoms. The fourth-order valence-electron chi connectivity index (χ4n) is 0.496. The molecule has 74 valence electrons. The number of rotatable bonds is 0. The molecule has 0 unspecified atom stereocenters. The molecule has 0 bridgehead atoms. The lowest BCUT2D eigenvalue weighted by Crippen LogP contribution is -1.88. The maximum Gasteiger partial charge on any atom is 0.261 e. The van der Waals surface area contributed by atoms with Crippen LogP contribution in [0, 0.1) is 0 Å². The van der Waals surface area contributed by atoms with Gasteiger partial charge in [-0.3, -0.25) is 4.55 Å². The predicted molar refractivity (Wildman–Crippen MR) is 52.7 cm³/mol. The number of hydrogen-bond acceptors (Lipinski definition) is 4. The van der Waals surface area contributed by atoms with E-state index in [0.29, 0.717) is 6.26 Å². The fraction of sp³-hybridized carbons (Fsp3) is 0.143. The highest BCUT2D eigenvalue weighted by Crippen LogP contribution is 2.04. The Balaban J connectivity index is 0.000000252. The quantitative estimate of drug-likeness (QED) is 0.417. The minimum absolute atomic E-state index is 0.715. The van der Waals surface area contributed by atoms with Crippen molar-refractivity contribution in [2.75, 3.05) is 17.7 Å². The Labute approximate surface area is 77.1 Å². The number of nitrogens with two attached hydrogens (primary N) is 2. The molecule has 6 heteroatoms. The van der Waals surface area contributed by atoms with E-state index in [-0.39, 0.29) is 0 Å². The van der Waals surface area contributed by atoms with Gasteiger partial charge in [0.15, 0.2) is 0 Å². The first kappa shape index (κ1) is 11.7. The molecule has 1 aromatic carbocycles. The van der Waals surface area contributed by atoms with E-state index in [1.54, 1.807) is 24.3 Å². The van der Waals surface area contributed by atoms with Gasteiger partial charge in [-0.1, -0.05) is 0 Å². The molecule has 0 aliphatic carbocycles. The van der Waals surface area contributed by atoms with Crippen molar-refractivity contribution in [3.8, 4) is 0 Å². The van der Waals surface area contributed by atoms with Gasteiger partial charge in [0.2, 0.25) is 0 Å². The highest BCUT2D eigenvalue weighted by molar-refractivity contribution is 7.85. The lowest BCUT2D eigenvalue weighted by Gasteiger charge is -1.90. The Morgan fingerprint density at radius 3 is 1.38 bits per heavy atom. The van der Waals surface area contributed by atoms with E-state index in [0.717, 1.165) is 11.4 Å². The van der Waals surface area contributed by atoms with Gasteiger partial charge in [0, 0.05) is 11.4 Å². The Morgan fingerprint density at radius 2 is 1.23 bits per heavy atom. The van der Waals surface area contributed by atoms with Gasteiger partial charge in [-0.05, 0) is 24.3 Å². The van der Waals surface area contributed by atoms with Crippen molar-refractivity contribution in [3.05, 3.63) is 24.3 Å². The van der Waals surface area contributed by atoms with E-state index in [1.165, 1.54) is 0 Å². The lowest BCUT2D eigenvalue weighted by molar-refractivity contribution is 0.490. The zero-order valence-corrected chi connectivity index (χ0v) is 7.95. The molecule has 0 aliphatic rings. The molecule has 1 aromatic rings. The summed E-state index contributed by atoms with van der Waals surface area (Å²) in [5.41, 5.74) is 12.2. The summed E-state index contributed by atoms with van der Waals surface area (Å²) in [4.78, 5) is 0. The van der Waals surface area contributed by atoms with Gasteiger partial charge in [-0.15, -0.1) is 0 Å². The van der Waals surface area contributed by atoms with Crippen LogP contribution in [0.5, 0.6) is 0 Å². The van der Waals surface area contributed by atoms with Gasteiger partial charge in [-0.2, -0.15) is 8.42 Å². The molecular weight excluding hydrogens is 192 g/mol. The first-order valence-electron chi connectivity index (χ1n) is 3.32. The molecule has 13 heavy (non-hydrogen) atoms. The van der Waals surface area contributed by atoms with Crippen LogP contribution in [0.3, 0.4) is 0 Å². The summed E-state index contributed by atoms with van der Waals surface area (Å²) in [5.74, 6) is 0. The summed E-state index contributed by atoms with van der Waals surface area (Å²) in [6, 6.07) is 7.09. The summed E-state index contributed by atoms with van der Waals surface area (Å²) >= 11 is 0. The molecule has 5 nitrogen and oxygen atoms in total. The van der Waals surface area contributed by atoms with Gasteiger partial charge in [0.05, 0.1) is 6.26 Å². The molecule has 0 atom stereocenters. The van der Waals surface area contributed by atoms with Crippen LogP contribution in [0.15, 0.2) is 24.3 Å². The van der Waals surface area contributed by atoms with Crippen LogP contribution in [-0.2, 0) is 10.1 Å². The van der Waals surface area contributed by atoms with Crippen LogP contribution >= 0.6 is 0 Å². The van der Waals surface area contributed by atoms with Crippen LogP contribution in [0.2, 0.25) is 0 Å². The molecule has 0 heterocycles. The van der Waals surface area contributed by atoms with Gasteiger partial charge in [0.25, 0.3) is 10.1 Å². The van der Waals surface area contributed by atoms with Crippen LogP contribution < -0.4 is 11.5 Å². The molecule has 0 aliphatic heterocycles. The van der Waals surface area contributed by atoms with Crippen LogP contribution in [0.4, 0.5) is 11.4 Å². The molecule has 0 saturated heterocycles. The van der Waals surface area contributed by atoms with Crippen LogP contribution in [0.1, 0.15) is 0 Å². The Kier molecular flexibility index (Phi) is 4.22. The molecule has 0 amide bonds. The standard InChI is InChI=1S/C6H8N2.CH4O3S/c7-5-1-2-6(8)4-3-5;1-5(2,3)4/h1-4H,7-8H2;1H3,(H,2,3,4). The first-order valence-corrected chi connectivity index (χ1v) is 5.17. The number of anilines is 2. The SMILES string of the molecule is CS(=O)(=O)O.Nc1ccc(N)cc1.